The summed E-state index contributed by atoms with van der Waals surface area (Å²) in [5.41, 5.74) is 0.896. The SMILES string of the molecule is CC(C)C[C@H](NC(=O)[C@H](Cc1ccccc1)NC(=O)c1cnccn1)B1OC(=O)[C@@H]2CSC[C@@H](C(=O)O1)N2C. The summed E-state index contributed by atoms with van der Waals surface area (Å²) < 4.78 is 11.3. The minimum atomic E-state index is -1.30. The summed E-state index contributed by atoms with van der Waals surface area (Å²) in [6.45, 7) is 3.89. The number of aromatic nitrogens is 2. The molecule has 2 fully saturated rings. The Morgan fingerprint density at radius 2 is 1.74 bits per heavy atom. The molecule has 206 valence electrons. The molecule has 0 aliphatic carbocycles. The third kappa shape index (κ3) is 7.36. The number of fused-ring (bicyclic) bond motifs is 2. The van der Waals surface area contributed by atoms with Crippen molar-refractivity contribution in [1.29, 1.82) is 0 Å². The Balaban J connectivity index is 1.56. The second-order valence-corrected chi connectivity index (χ2v) is 11.1. The molecule has 2 aromatic rings. The maximum absolute atomic E-state index is 13.7. The normalized spacial score (nSPS) is 21.2. The molecule has 1 aromatic carbocycles. The molecular formula is C26H32BN5O6S. The zero-order chi connectivity index (χ0) is 27.9. The summed E-state index contributed by atoms with van der Waals surface area (Å²) >= 11 is 1.50. The van der Waals surface area contributed by atoms with E-state index < -0.39 is 54.9 Å². The monoisotopic (exact) mass is 553 g/mol. The second-order valence-electron chi connectivity index (χ2n) is 10.0. The van der Waals surface area contributed by atoms with Crippen molar-refractivity contribution in [2.24, 2.45) is 5.92 Å². The van der Waals surface area contributed by atoms with E-state index >= 15 is 0 Å². The quantitative estimate of drug-likeness (QED) is 0.431. The molecule has 2 aliphatic heterocycles. The van der Waals surface area contributed by atoms with Crippen LogP contribution in [0.15, 0.2) is 48.9 Å². The molecule has 4 atom stereocenters. The maximum atomic E-state index is 13.7. The van der Waals surface area contributed by atoms with E-state index in [0.717, 1.165) is 5.56 Å². The zero-order valence-electron chi connectivity index (χ0n) is 22.1. The van der Waals surface area contributed by atoms with Crippen LogP contribution in [0.4, 0.5) is 0 Å². The molecule has 11 nitrogen and oxygen atoms in total. The number of hydrogen-bond donors (Lipinski definition) is 2. The van der Waals surface area contributed by atoms with Crippen LogP contribution in [0.1, 0.15) is 36.3 Å². The van der Waals surface area contributed by atoms with E-state index in [-0.39, 0.29) is 18.0 Å². The summed E-state index contributed by atoms with van der Waals surface area (Å²) in [6.07, 6.45) is 4.72. The van der Waals surface area contributed by atoms with Crippen molar-refractivity contribution < 1.29 is 28.5 Å². The van der Waals surface area contributed by atoms with Crippen molar-refractivity contribution in [2.45, 2.75) is 50.8 Å². The molecule has 3 heterocycles. The van der Waals surface area contributed by atoms with Gasteiger partial charge in [0, 0.05) is 30.3 Å². The standard InChI is InChI=1S/C26H32BN5O6S/c1-16(2)11-22(27-37-25(35)20-14-39-15-21(32(20)3)26(36)38-27)31-23(33)18(12-17-7-5-4-6-8-17)30-24(34)19-13-28-9-10-29-19/h4-10,13,16,18,20-22H,11-12,14-15H2,1-3H3,(H,30,34)(H,31,33)/t18-,20-,21-,22-/m0/s1. The number of rotatable bonds is 9. The van der Waals surface area contributed by atoms with Crippen molar-refractivity contribution in [1.82, 2.24) is 25.5 Å². The molecule has 2 aliphatic rings. The van der Waals surface area contributed by atoms with Gasteiger partial charge < -0.3 is 19.9 Å². The highest BCUT2D eigenvalue weighted by Crippen LogP contribution is 2.26. The average molecular weight is 553 g/mol. The van der Waals surface area contributed by atoms with Crippen LogP contribution in [-0.2, 0) is 30.1 Å². The Morgan fingerprint density at radius 3 is 2.33 bits per heavy atom. The van der Waals surface area contributed by atoms with E-state index in [4.69, 9.17) is 9.31 Å². The number of thioether (sulfide) groups is 1. The highest BCUT2D eigenvalue weighted by molar-refractivity contribution is 7.99. The van der Waals surface area contributed by atoms with E-state index in [9.17, 15) is 19.2 Å². The molecule has 39 heavy (non-hydrogen) atoms. The molecular weight excluding hydrogens is 521 g/mol. The number of amides is 2. The van der Waals surface area contributed by atoms with Gasteiger partial charge in [0.1, 0.15) is 23.8 Å². The highest BCUT2D eigenvalue weighted by Gasteiger charge is 2.48. The molecule has 0 saturated carbocycles. The third-order valence-electron chi connectivity index (χ3n) is 6.63. The lowest BCUT2D eigenvalue weighted by atomic mass is 9.73. The van der Waals surface area contributed by atoms with Crippen molar-refractivity contribution in [3.63, 3.8) is 0 Å². The number of benzene rings is 1. The van der Waals surface area contributed by atoms with Gasteiger partial charge in [-0.2, -0.15) is 11.8 Å². The fourth-order valence-corrected chi connectivity index (χ4v) is 5.85. The number of likely N-dealkylation sites (N-methyl/N-ethyl adjacent to an activating group) is 1. The summed E-state index contributed by atoms with van der Waals surface area (Å²) in [4.78, 5) is 62.2. The molecule has 1 aromatic heterocycles. The van der Waals surface area contributed by atoms with Crippen molar-refractivity contribution >= 4 is 42.6 Å². The van der Waals surface area contributed by atoms with Gasteiger partial charge in [0.25, 0.3) is 5.91 Å². The highest BCUT2D eigenvalue weighted by atomic mass is 32.2. The first kappa shape index (κ1) is 28.6. The Morgan fingerprint density at radius 1 is 1.08 bits per heavy atom. The van der Waals surface area contributed by atoms with Gasteiger partial charge in [0.2, 0.25) is 5.91 Å². The van der Waals surface area contributed by atoms with Gasteiger partial charge in [-0.1, -0.05) is 44.2 Å². The first-order chi connectivity index (χ1) is 18.7. The van der Waals surface area contributed by atoms with Crippen LogP contribution < -0.4 is 10.6 Å². The first-order valence-electron chi connectivity index (χ1n) is 12.8. The Bertz CT molecular complexity index is 1150. The van der Waals surface area contributed by atoms with Crippen LogP contribution in [0, 0.1) is 5.92 Å². The van der Waals surface area contributed by atoms with Crippen LogP contribution in [-0.4, -0.2) is 88.4 Å². The largest absolute Gasteiger partial charge is 0.622 e. The van der Waals surface area contributed by atoms with Gasteiger partial charge in [-0.25, -0.2) is 4.98 Å². The molecule has 0 spiro atoms. The van der Waals surface area contributed by atoms with Gasteiger partial charge >= 0.3 is 19.1 Å². The molecule has 2 amide bonds. The van der Waals surface area contributed by atoms with Crippen molar-refractivity contribution in [3.05, 3.63) is 60.2 Å². The maximum Gasteiger partial charge on any atom is 0.622 e. The molecule has 2 bridgehead atoms. The van der Waals surface area contributed by atoms with E-state index in [1.165, 1.54) is 30.4 Å². The fraction of sp³-hybridized carbons (Fsp3) is 0.462. The molecule has 2 N–H and O–H groups in total. The molecule has 2 saturated heterocycles. The van der Waals surface area contributed by atoms with Crippen LogP contribution >= 0.6 is 11.8 Å². The number of nitrogens with one attached hydrogen (secondary N) is 2. The van der Waals surface area contributed by atoms with Gasteiger partial charge in [0.15, 0.2) is 0 Å². The van der Waals surface area contributed by atoms with Gasteiger partial charge in [0.05, 0.1) is 12.1 Å². The number of hydrogen-bond acceptors (Lipinski definition) is 10. The van der Waals surface area contributed by atoms with Gasteiger partial charge in [-0.15, -0.1) is 0 Å². The minimum Gasteiger partial charge on any atom is -0.497 e. The minimum absolute atomic E-state index is 0.0673. The zero-order valence-corrected chi connectivity index (χ0v) is 22.9. The van der Waals surface area contributed by atoms with Gasteiger partial charge in [-0.3, -0.25) is 29.1 Å². The molecule has 4 rings (SSSR count). The van der Waals surface area contributed by atoms with Crippen molar-refractivity contribution in [3.8, 4) is 0 Å². The summed E-state index contributed by atoms with van der Waals surface area (Å²) in [6, 6.07) is 7.09. The lowest BCUT2D eigenvalue weighted by molar-refractivity contribution is -0.153. The Hall–Kier alpha value is -3.45. The number of carbonyl (C=O) groups is 4. The summed E-state index contributed by atoms with van der Waals surface area (Å²) in [5.74, 6) is -1.84. The van der Waals surface area contributed by atoms with Crippen LogP contribution in [0.5, 0.6) is 0 Å². The number of nitrogens with zero attached hydrogens (tertiary/aromatic N) is 3. The van der Waals surface area contributed by atoms with Crippen LogP contribution in [0.2, 0.25) is 0 Å². The Labute approximate surface area is 232 Å². The van der Waals surface area contributed by atoms with E-state index in [0.29, 0.717) is 17.9 Å². The topological polar surface area (TPSA) is 140 Å². The van der Waals surface area contributed by atoms with E-state index in [2.05, 4.69) is 20.6 Å². The van der Waals surface area contributed by atoms with Crippen LogP contribution in [0.3, 0.4) is 0 Å². The summed E-state index contributed by atoms with van der Waals surface area (Å²) in [7, 11) is 0.408. The van der Waals surface area contributed by atoms with Gasteiger partial charge in [-0.05, 0) is 24.9 Å². The molecule has 13 heteroatoms. The first-order valence-corrected chi connectivity index (χ1v) is 14.0. The predicted octanol–water partition coefficient (Wildman–Crippen LogP) is 0.892. The molecule has 0 radical (unpaired) electrons. The third-order valence-corrected chi connectivity index (χ3v) is 7.73. The predicted molar refractivity (Wildman–Crippen MR) is 145 cm³/mol. The lowest BCUT2D eigenvalue weighted by Gasteiger charge is -2.40. The second kappa shape index (κ2) is 13.1. The lowest BCUT2D eigenvalue weighted by Crippen LogP contribution is -2.63. The van der Waals surface area contributed by atoms with Crippen LogP contribution in [0.25, 0.3) is 0 Å². The fourth-order valence-electron chi connectivity index (χ4n) is 4.52. The average Bonchev–Trinajstić information content (AvgIpc) is 2.92. The smallest absolute Gasteiger partial charge is 0.497 e. The molecule has 0 unspecified atom stereocenters. The number of carbonyl (C=O) groups excluding carboxylic acids is 4. The Kier molecular flexibility index (Phi) is 9.57. The summed E-state index contributed by atoms with van der Waals surface area (Å²) in [5, 5.41) is 5.64. The van der Waals surface area contributed by atoms with E-state index in [1.54, 1.807) is 11.9 Å². The van der Waals surface area contributed by atoms with E-state index in [1.807, 2.05) is 44.2 Å². The van der Waals surface area contributed by atoms with Crippen molar-refractivity contribution in [2.75, 3.05) is 18.6 Å².